The van der Waals surface area contributed by atoms with E-state index in [9.17, 15) is 18.0 Å². The molecule has 4 rings (SSSR count). The number of rotatable bonds is 15. The fourth-order valence-corrected chi connectivity index (χ4v) is 6.56. The molecule has 0 saturated heterocycles. The number of nitrogens with one attached hydrogen (secondary N) is 1. The highest BCUT2D eigenvalue weighted by atomic mass is 32.2. The minimum absolute atomic E-state index is 0.0417. The fraction of sp³-hybridized carbons (Fsp3) is 0.297. The van der Waals surface area contributed by atoms with Gasteiger partial charge in [0.25, 0.3) is 10.0 Å². The molecule has 4 aromatic carbocycles. The van der Waals surface area contributed by atoms with Crippen LogP contribution < -0.4 is 14.4 Å². The van der Waals surface area contributed by atoms with Crippen LogP contribution in [0.1, 0.15) is 42.0 Å². The summed E-state index contributed by atoms with van der Waals surface area (Å²) in [5.74, 6) is -0.508. The quantitative estimate of drug-likeness (QED) is 0.159. The molecular weight excluding hydrogens is 598 g/mol. The topological polar surface area (TPSA) is 96.0 Å². The summed E-state index contributed by atoms with van der Waals surface area (Å²) in [6.07, 6.45) is 1.96. The van der Waals surface area contributed by atoms with Crippen LogP contribution in [0.25, 0.3) is 0 Å². The first kappa shape index (κ1) is 34.2. The molecule has 0 bridgehead atoms. The smallest absolute Gasteiger partial charge is 0.264 e. The number of aryl methyl sites for hydroxylation is 2. The van der Waals surface area contributed by atoms with Gasteiger partial charge in [0.05, 0.1) is 17.7 Å². The predicted octanol–water partition coefficient (Wildman–Crippen LogP) is 6.06. The second-order valence-electron chi connectivity index (χ2n) is 11.4. The lowest BCUT2D eigenvalue weighted by Crippen LogP contribution is -2.53. The van der Waals surface area contributed by atoms with E-state index in [4.69, 9.17) is 4.74 Å². The first-order valence-electron chi connectivity index (χ1n) is 15.5. The van der Waals surface area contributed by atoms with Gasteiger partial charge in [0.15, 0.2) is 0 Å². The second kappa shape index (κ2) is 16.1. The standard InChI is InChI=1S/C37H43N3O5S/c1-5-6-24-38-37(42)34(25-30-12-8-7-9-13-30)39(26-31-20-16-28(2)17-21-31)36(41)27-40(33-14-10-11-15-35(33)45-4)46(43,44)32-22-18-29(3)19-23-32/h7-23,34H,5-6,24-27H2,1-4H3,(H,38,42)/t34-/m0/s1. The summed E-state index contributed by atoms with van der Waals surface area (Å²) in [7, 11) is -2.77. The normalized spacial score (nSPS) is 11.8. The first-order chi connectivity index (χ1) is 22.1. The average molecular weight is 642 g/mol. The van der Waals surface area contributed by atoms with E-state index in [1.54, 1.807) is 36.4 Å². The summed E-state index contributed by atoms with van der Waals surface area (Å²) in [6, 6.07) is 29.6. The molecule has 8 nitrogen and oxygen atoms in total. The summed E-state index contributed by atoms with van der Waals surface area (Å²) in [5.41, 5.74) is 3.89. The predicted molar refractivity (Wildman–Crippen MR) is 182 cm³/mol. The van der Waals surface area contributed by atoms with Crippen LogP contribution in [-0.4, -0.2) is 51.4 Å². The minimum Gasteiger partial charge on any atom is -0.495 e. The van der Waals surface area contributed by atoms with Crippen molar-refractivity contribution in [1.82, 2.24) is 10.2 Å². The number of ether oxygens (including phenoxy) is 1. The molecule has 0 aliphatic carbocycles. The van der Waals surface area contributed by atoms with Gasteiger partial charge in [-0.15, -0.1) is 0 Å². The Morgan fingerprint density at radius 3 is 2.04 bits per heavy atom. The first-order valence-corrected chi connectivity index (χ1v) is 17.0. The number of benzene rings is 4. The Hall–Kier alpha value is -4.63. The summed E-state index contributed by atoms with van der Waals surface area (Å²) in [4.78, 5) is 30.0. The van der Waals surface area contributed by atoms with Crippen LogP contribution in [-0.2, 0) is 32.6 Å². The maximum absolute atomic E-state index is 14.6. The molecule has 242 valence electrons. The third kappa shape index (κ3) is 8.75. The molecular formula is C37H43N3O5S. The minimum atomic E-state index is -4.23. The van der Waals surface area contributed by atoms with Crippen molar-refractivity contribution in [2.24, 2.45) is 0 Å². The highest BCUT2D eigenvalue weighted by Gasteiger charge is 2.35. The van der Waals surface area contributed by atoms with Gasteiger partial charge in [-0.3, -0.25) is 13.9 Å². The average Bonchev–Trinajstić information content (AvgIpc) is 3.06. The molecule has 46 heavy (non-hydrogen) atoms. The van der Waals surface area contributed by atoms with Crippen molar-refractivity contribution in [3.8, 4) is 5.75 Å². The molecule has 0 aliphatic heterocycles. The molecule has 2 amide bonds. The van der Waals surface area contributed by atoms with Crippen LogP contribution in [0.3, 0.4) is 0 Å². The molecule has 1 N–H and O–H groups in total. The highest BCUT2D eigenvalue weighted by molar-refractivity contribution is 7.92. The maximum atomic E-state index is 14.6. The number of hydrogen-bond acceptors (Lipinski definition) is 5. The van der Waals surface area contributed by atoms with Crippen molar-refractivity contribution in [3.63, 3.8) is 0 Å². The highest BCUT2D eigenvalue weighted by Crippen LogP contribution is 2.32. The summed E-state index contributed by atoms with van der Waals surface area (Å²) in [6.45, 7) is 5.94. The Bertz CT molecular complexity index is 1690. The largest absolute Gasteiger partial charge is 0.495 e. The summed E-state index contributed by atoms with van der Waals surface area (Å²) < 4.78 is 35.1. The van der Waals surface area contributed by atoms with E-state index in [1.165, 1.54) is 24.1 Å². The fourth-order valence-electron chi connectivity index (χ4n) is 5.14. The molecule has 4 aromatic rings. The van der Waals surface area contributed by atoms with E-state index in [-0.39, 0.29) is 29.5 Å². The van der Waals surface area contributed by atoms with Crippen molar-refractivity contribution in [1.29, 1.82) is 0 Å². The van der Waals surface area contributed by atoms with Gasteiger partial charge in [-0.1, -0.05) is 103 Å². The van der Waals surface area contributed by atoms with Gasteiger partial charge in [0.2, 0.25) is 11.8 Å². The van der Waals surface area contributed by atoms with Gasteiger partial charge in [-0.05, 0) is 55.7 Å². The maximum Gasteiger partial charge on any atom is 0.264 e. The van der Waals surface area contributed by atoms with Gasteiger partial charge in [-0.25, -0.2) is 8.42 Å². The van der Waals surface area contributed by atoms with E-state index >= 15 is 0 Å². The summed E-state index contributed by atoms with van der Waals surface area (Å²) >= 11 is 0. The second-order valence-corrected chi connectivity index (χ2v) is 13.2. The number of anilines is 1. The van der Waals surface area contributed by atoms with Crippen LogP contribution in [0, 0.1) is 13.8 Å². The van der Waals surface area contributed by atoms with E-state index in [1.807, 2.05) is 75.4 Å². The van der Waals surface area contributed by atoms with Gasteiger partial charge in [0.1, 0.15) is 18.3 Å². The number of carbonyl (C=O) groups excluding carboxylic acids is 2. The lowest BCUT2D eigenvalue weighted by molar-refractivity contribution is -0.140. The SMILES string of the molecule is CCCCNC(=O)[C@H](Cc1ccccc1)N(Cc1ccc(C)cc1)C(=O)CN(c1ccccc1OC)S(=O)(=O)c1ccc(C)cc1. The van der Waals surface area contributed by atoms with E-state index in [0.717, 1.165) is 39.4 Å². The van der Waals surface area contributed by atoms with Gasteiger partial charge < -0.3 is 15.0 Å². The third-order valence-corrected chi connectivity index (χ3v) is 9.59. The Morgan fingerprint density at radius 2 is 1.41 bits per heavy atom. The number of unbranched alkanes of at least 4 members (excludes halogenated alkanes) is 1. The van der Waals surface area contributed by atoms with E-state index in [0.29, 0.717) is 12.3 Å². The lowest BCUT2D eigenvalue weighted by Gasteiger charge is -2.34. The van der Waals surface area contributed by atoms with Crippen LogP contribution in [0.4, 0.5) is 5.69 Å². The zero-order valence-electron chi connectivity index (χ0n) is 27.0. The monoisotopic (exact) mass is 641 g/mol. The van der Waals surface area contributed by atoms with E-state index in [2.05, 4.69) is 5.32 Å². The molecule has 0 aromatic heterocycles. The third-order valence-electron chi connectivity index (χ3n) is 7.82. The number of amides is 2. The van der Waals surface area contributed by atoms with Crippen molar-refractivity contribution in [2.75, 3.05) is 24.5 Å². The molecule has 9 heteroatoms. The number of carbonyl (C=O) groups is 2. The van der Waals surface area contributed by atoms with Crippen LogP contribution in [0.2, 0.25) is 0 Å². The molecule has 0 aliphatic rings. The Morgan fingerprint density at radius 1 is 0.804 bits per heavy atom. The number of methoxy groups -OCH3 is 1. The Kier molecular flexibility index (Phi) is 12.0. The van der Waals surface area contributed by atoms with Crippen LogP contribution >= 0.6 is 0 Å². The zero-order chi connectivity index (χ0) is 33.1. The van der Waals surface area contributed by atoms with Gasteiger partial charge in [0, 0.05) is 19.5 Å². The number of nitrogens with zero attached hydrogens (tertiary/aromatic N) is 2. The summed E-state index contributed by atoms with van der Waals surface area (Å²) in [5, 5.41) is 3.01. The molecule has 0 spiro atoms. The number of hydrogen-bond donors (Lipinski definition) is 1. The molecule has 0 heterocycles. The Balaban J connectivity index is 1.81. The van der Waals surface area contributed by atoms with Crippen molar-refractivity contribution < 1.29 is 22.7 Å². The molecule has 0 saturated carbocycles. The van der Waals surface area contributed by atoms with Gasteiger partial charge in [-0.2, -0.15) is 0 Å². The van der Waals surface area contributed by atoms with Gasteiger partial charge >= 0.3 is 0 Å². The Labute approximate surface area is 273 Å². The zero-order valence-corrected chi connectivity index (χ0v) is 27.8. The number of para-hydroxylation sites is 2. The lowest BCUT2D eigenvalue weighted by atomic mass is 10.0. The van der Waals surface area contributed by atoms with Crippen molar-refractivity contribution in [3.05, 3.63) is 125 Å². The van der Waals surface area contributed by atoms with E-state index < -0.39 is 28.5 Å². The number of sulfonamides is 1. The molecule has 0 fully saturated rings. The van der Waals surface area contributed by atoms with Crippen molar-refractivity contribution in [2.45, 2.75) is 57.5 Å². The van der Waals surface area contributed by atoms with Crippen molar-refractivity contribution >= 4 is 27.5 Å². The van der Waals surface area contributed by atoms with Crippen LogP contribution in [0.15, 0.2) is 108 Å². The molecule has 0 radical (unpaired) electrons. The van der Waals surface area contributed by atoms with Crippen LogP contribution in [0.5, 0.6) is 5.75 Å². The molecule has 1 atom stereocenters. The molecule has 0 unspecified atom stereocenters.